The smallest absolute Gasteiger partial charge is 0.166 e. The fourth-order valence-electron chi connectivity index (χ4n) is 2.23. The Bertz CT molecular complexity index is 578. The molecule has 0 saturated carbocycles. The third kappa shape index (κ3) is 2.20. The number of fused-ring (bicyclic) bond motifs is 1. The Balaban J connectivity index is 3.02. The molecule has 1 heterocycles. The fraction of sp³-hybridized carbons (Fsp3) is 0.333. The van der Waals surface area contributed by atoms with E-state index in [1.54, 1.807) is 0 Å². The molecule has 0 aliphatic carbocycles. The predicted molar refractivity (Wildman–Crippen MR) is 61.3 cm³/mol. The van der Waals surface area contributed by atoms with Crippen LogP contribution in [0.1, 0.15) is 22.3 Å². The van der Waals surface area contributed by atoms with Crippen molar-refractivity contribution in [2.24, 2.45) is 0 Å². The lowest BCUT2D eigenvalue weighted by Gasteiger charge is -2.21. The highest BCUT2D eigenvalue weighted by atomic mass is 32.1. The molecule has 1 aromatic carbocycles. The van der Waals surface area contributed by atoms with Gasteiger partial charge < -0.3 is 0 Å². The molecule has 7 heteroatoms. The molecule has 104 valence electrons. The standard InChI is InChI=1S/C12H8F6S/c1-5-7-3-19-4-8(7)6(2)10(12(16,17)18)9(5)11(13,14)15/h3-4H,1-2H3. The number of hydrogen-bond acceptors (Lipinski definition) is 1. The summed E-state index contributed by atoms with van der Waals surface area (Å²) in [5.41, 5.74) is -3.91. The Labute approximate surface area is 108 Å². The Kier molecular flexibility index (Phi) is 3.08. The van der Waals surface area contributed by atoms with Gasteiger partial charge in [-0.05, 0) is 46.5 Å². The van der Waals surface area contributed by atoms with E-state index in [-0.39, 0.29) is 21.9 Å². The van der Waals surface area contributed by atoms with Crippen LogP contribution in [0.4, 0.5) is 26.3 Å². The average Bonchev–Trinajstić information content (AvgIpc) is 2.68. The molecule has 0 N–H and O–H groups in total. The van der Waals surface area contributed by atoms with Gasteiger partial charge in [-0.3, -0.25) is 0 Å². The van der Waals surface area contributed by atoms with Crippen molar-refractivity contribution in [1.82, 2.24) is 0 Å². The summed E-state index contributed by atoms with van der Waals surface area (Å²) in [6.07, 6.45) is -10.1. The minimum atomic E-state index is -5.03. The zero-order valence-electron chi connectivity index (χ0n) is 9.83. The van der Waals surface area contributed by atoms with E-state index < -0.39 is 23.5 Å². The summed E-state index contributed by atoms with van der Waals surface area (Å²) >= 11 is 1.09. The van der Waals surface area contributed by atoms with Gasteiger partial charge in [-0.15, -0.1) is 0 Å². The second-order valence-electron chi connectivity index (χ2n) is 4.19. The van der Waals surface area contributed by atoms with Gasteiger partial charge in [0, 0.05) is 0 Å². The minimum absolute atomic E-state index is 0.225. The third-order valence-corrected chi connectivity index (χ3v) is 3.78. The molecule has 0 radical (unpaired) electrons. The van der Waals surface area contributed by atoms with Crippen LogP contribution in [0.15, 0.2) is 10.8 Å². The van der Waals surface area contributed by atoms with Crippen molar-refractivity contribution in [2.75, 3.05) is 0 Å². The van der Waals surface area contributed by atoms with Gasteiger partial charge in [0.05, 0.1) is 11.1 Å². The van der Waals surface area contributed by atoms with Crippen molar-refractivity contribution < 1.29 is 26.3 Å². The van der Waals surface area contributed by atoms with Gasteiger partial charge in [0.15, 0.2) is 0 Å². The van der Waals surface area contributed by atoms with E-state index in [0.717, 1.165) is 25.2 Å². The van der Waals surface area contributed by atoms with Crippen LogP contribution in [0.3, 0.4) is 0 Å². The zero-order valence-corrected chi connectivity index (χ0v) is 10.6. The Morgan fingerprint density at radius 1 is 0.737 bits per heavy atom. The molecule has 0 saturated heterocycles. The fourth-order valence-corrected chi connectivity index (χ4v) is 3.18. The molecule has 0 nitrogen and oxygen atoms in total. The molecule has 0 unspecified atom stereocenters. The maximum absolute atomic E-state index is 13.0. The highest BCUT2D eigenvalue weighted by molar-refractivity contribution is 7.09. The van der Waals surface area contributed by atoms with Crippen molar-refractivity contribution in [1.29, 1.82) is 0 Å². The summed E-state index contributed by atoms with van der Waals surface area (Å²) in [6, 6.07) is 0. The summed E-state index contributed by atoms with van der Waals surface area (Å²) < 4.78 is 77.7. The summed E-state index contributed by atoms with van der Waals surface area (Å²) in [7, 11) is 0. The van der Waals surface area contributed by atoms with E-state index in [2.05, 4.69) is 0 Å². The summed E-state index contributed by atoms with van der Waals surface area (Å²) in [4.78, 5) is 0. The van der Waals surface area contributed by atoms with E-state index in [1.807, 2.05) is 0 Å². The van der Waals surface area contributed by atoms with Crippen molar-refractivity contribution in [3.8, 4) is 0 Å². The highest BCUT2D eigenvalue weighted by Crippen LogP contribution is 2.47. The lowest BCUT2D eigenvalue weighted by molar-refractivity contribution is -0.162. The Morgan fingerprint density at radius 2 is 1.05 bits per heavy atom. The highest BCUT2D eigenvalue weighted by Gasteiger charge is 2.46. The molecule has 0 bridgehead atoms. The summed E-state index contributed by atoms with van der Waals surface area (Å²) in [5, 5.41) is 3.32. The molecule has 0 atom stereocenters. The van der Waals surface area contributed by atoms with Gasteiger partial charge in [0.2, 0.25) is 0 Å². The minimum Gasteiger partial charge on any atom is -0.166 e. The normalized spacial score (nSPS) is 13.3. The maximum atomic E-state index is 13.0. The van der Waals surface area contributed by atoms with Crippen LogP contribution in [0, 0.1) is 13.8 Å². The van der Waals surface area contributed by atoms with Gasteiger partial charge in [-0.1, -0.05) is 0 Å². The number of alkyl halides is 6. The van der Waals surface area contributed by atoms with Crippen LogP contribution in [0.25, 0.3) is 10.8 Å². The lowest BCUT2D eigenvalue weighted by atomic mass is 9.91. The first-order valence-corrected chi connectivity index (χ1v) is 6.13. The van der Waals surface area contributed by atoms with Crippen LogP contribution in [0.5, 0.6) is 0 Å². The van der Waals surface area contributed by atoms with E-state index >= 15 is 0 Å². The molecule has 2 aromatic rings. The molecular formula is C12H8F6S. The van der Waals surface area contributed by atoms with Crippen molar-refractivity contribution in [3.05, 3.63) is 33.0 Å². The van der Waals surface area contributed by atoms with Gasteiger partial charge in [0.25, 0.3) is 0 Å². The topological polar surface area (TPSA) is 0 Å². The average molecular weight is 298 g/mol. The number of rotatable bonds is 0. The number of benzene rings is 1. The van der Waals surface area contributed by atoms with Crippen LogP contribution >= 0.6 is 11.3 Å². The Morgan fingerprint density at radius 3 is 1.32 bits per heavy atom. The quantitative estimate of drug-likeness (QED) is 0.559. The number of halogens is 6. The molecule has 0 aliphatic heterocycles. The molecule has 2 rings (SSSR count). The van der Waals surface area contributed by atoms with Crippen LogP contribution in [-0.2, 0) is 12.4 Å². The van der Waals surface area contributed by atoms with E-state index in [4.69, 9.17) is 0 Å². The lowest BCUT2D eigenvalue weighted by Crippen LogP contribution is -2.20. The molecular weight excluding hydrogens is 290 g/mol. The maximum Gasteiger partial charge on any atom is 0.417 e. The van der Waals surface area contributed by atoms with Crippen LogP contribution in [0.2, 0.25) is 0 Å². The monoisotopic (exact) mass is 298 g/mol. The summed E-state index contributed by atoms with van der Waals surface area (Å²) in [5.74, 6) is 0. The zero-order chi connectivity index (χ0) is 14.6. The second-order valence-corrected chi connectivity index (χ2v) is 4.94. The van der Waals surface area contributed by atoms with E-state index in [0.29, 0.717) is 0 Å². The van der Waals surface area contributed by atoms with Gasteiger partial charge in [-0.25, -0.2) is 0 Å². The third-order valence-electron chi connectivity index (χ3n) is 3.04. The van der Waals surface area contributed by atoms with Crippen molar-refractivity contribution >= 4 is 22.1 Å². The first-order valence-electron chi connectivity index (χ1n) is 5.18. The second kappa shape index (κ2) is 4.13. The number of thiophene rings is 1. The SMILES string of the molecule is Cc1c(C(F)(F)F)c(C(F)(F)F)c(C)c2cscc12. The molecule has 0 aliphatic rings. The van der Waals surface area contributed by atoms with E-state index in [1.165, 1.54) is 10.8 Å². The van der Waals surface area contributed by atoms with Crippen molar-refractivity contribution in [3.63, 3.8) is 0 Å². The van der Waals surface area contributed by atoms with Gasteiger partial charge >= 0.3 is 12.4 Å². The number of aryl methyl sites for hydroxylation is 2. The van der Waals surface area contributed by atoms with Crippen LogP contribution in [-0.4, -0.2) is 0 Å². The Hall–Kier alpha value is -1.24. The molecule has 19 heavy (non-hydrogen) atoms. The van der Waals surface area contributed by atoms with Crippen molar-refractivity contribution in [2.45, 2.75) is 26.2 Å². The molecule has 1 aromatic heterocycles. The van der Waals surface area contributed by atoms with E-state index in [9.17, 15) is 26.3 Å². The largest absolute Gasteiger partial charge is 0.417 e. The number of hydrogen-bond donors (Lipinski definition) is 0. The van der Waals surface area contributed by atoms with Gasteiger partial charge in [0.1, 0.15) is 0 Å². The first-order chi connectivity index (χ1) is 8.55. The molecule has 0 spiro atoms. The summed E-state index contributed by atoms with van der Waals surface area (Å²) in [6.45, 7) is 2.15. The van der Waals surface area contributed by atoms with Gasteiger partial charge in [-0.2, -0.15) is 37.7 Å². The molecule has 0 amide bonds. The molecule has 0 fully saturated rings. The predicted octanol–water partition coefficient (Wildman–Crippen LogP) is 5.56. The van der Waals surface area contributed by atoms with Crippen LogP contribution < -0.4 is 0 Å². The first kappa shape index (κ1) is 14.2.